The van der Waals surface area contributed by atoms with Crippen molar-refractivity contribution in [2.75, 3.05) is 0 Å². The average molecular weight is 433 g/mol. The Morgan fingerprint density at radius 3 is 2.77 bits per heavy atom. The van der Waals surface area contributed by atoms with Gasteiger partial charge in [0.25, 0.3) is 11.8 Å². The molecule has 0 aliphatic heterocycles. The van der Waals surface area contributed by atoms with Crippen LogP contribution in [0, 0.1) is 0 Å². The number of benzene rings is 2. The van der Waals surface area contributed by atoms with E-state index in [-0.39, 0.29) is 6.10 Å². The van der Waals surface area contributed by atoms with Gasteiger partial charge in [-0.25, -0.2) is 0 Å². The molecule has 0 N–H and O–H groups in total. The zero-order chi connectivity index (χ0) is 18.3. The Morgan fingerprint density at radius 1 is 1.15 bits per heavy atom. The first-order valence-electron chi connectivity index (χ1n) is 8.08. The van der Waals surface area contributed by atoms with E-state index in [1.807, 2.05) is 61.0 Å². The molecule has 0 fully saturated rings. The van der Waals surface area contributed by atoms with Gasteiger partial charge in [-0.1, -0.05) is 27.5 Å². The second-order valence-electron chi connectivity index (χ2n) is 6.10. The molecule has 132 valence electrons. The molecule has 0 spiro atoms. The largest absolute Gasteiger partial charge is 0.489 e. The van der Waals surface area contributed by atoms with Gasteiger partial charge in [-0.3, -0.25) is 4.57 Å². The molecular formula is C19H15BrClN3O2. The van der Waals surface area contributed by atoms with Gasteiger partial charge in [0, 0.05) is 21.6 Å². The van der Waals surface area contributed by atoms with Crippen molar-refractivity contribution in [1.29, 1.82) is 0 Å². The number of hydrogen-bond donors (Lipinski definition) is 0. The van der Waals surface area contributed by atoms with Crippen LogP contribution in [0.4, 0.5) is 0 Å². The Balaban J connectivity index is 1.68. The molecule has 0 saturated carbocycles. The van der Waals surface area contributed by atoms with Crippen LogP contribution in [0.2, 0.25) is 5.02 Å². The van der Waals surface area contributed by atoms with Crippen molar-refractivity contribution in [3.05, 3.63) is 58.2 Å². The number of fused-ring (bicyclic) bond motifs is 1. The highest BCUT2D eigenvalue weighted by Crippen LogP contribution is 2.31. The van der Waals surface area contributed by atoms with Crippen LogP contribution in [0.15, 0.2) is 57.7 Å². The fourth-order valence-electron chi connectivity index (χ4n) is 2.70. The van der Waals surface area contributed by atoms with Gasteiger partial charge in [0.05, 0.1) is 16.6 Å². The highest BCUT2D eigenvalue weighted by Gasteiger charge is 2.14. The zero-order valence-corrected chi connectivity index (χ0v) is 16.5. The first kappa shape index (κ1) is 17.1. The molecule has 0 aliphatic rings. The Labute approximate surface area is 163 Å². The van der Waals surface area contributed by atoms with Crippen LogP contribution in [0.5, 0.6) is 5.75 Å². The van der Waals surface area contributed by atoms with Crippen LogP contribution >= 0.6 is 27.5 Å². The van der Waals surface area contributed by atoms with Crippen molar-refractivity contribution in [2.24, 2.45) is 0 Å². The number of nitrogens with zero attached hydrogens (tertiary/aromatic N) is 3. The summed E-state index contributed by atoms with van der Waals surface area (Å²) >= 11 is 9.78. The third kappa shape index (κ3) is 3.22. The SMILES string of the molecule is CC(C)Oc1ccc(-c2nc(-n3ccc4cc(Br)ccc43)no2)cc1Cl. The second-order valence-corrected chi connectivity index (χ2v) is 7.42. The predicted octanol–water partition coefficient (Wildman–Crippen LogP) is 5.88. The fourth-order valence-corrected chi connectivity index (χ4v) is 3.31. The van der Waals surface area contributed by atoms with Gasteiger partial charge in [0.15, 0.2) is 0 Å². The maximum Gasteiger partial charge on any atom is 0.275 e. The zero-order valence-electron chi connectivity index (χ0n) is 14.1. The van der Waals surface area contributed by atoms with E-state index in [1.165, 1.54) is 0 Å². The van der Waals surface area contributed by atoms with E-state index in [2.05, 4.69) is 26.1 Å². The number of aromatic nitrogens is 3. The van der Waals surface area contributed by atoms with Crippen LogP contribution in [0.1, 0.15) is 13.8 Å². The van der Waals surface area contributed by atoms with Gasteiger partial charge in [-0.15, -0.1) is 0 Å². The minimum atomic E-state index is 0.0513. The van der Waals surface area contributed by atoms with E-state index < -0.39 is 0 Å². The molecule has 0 aliphatic carbocycles. The molecule has 0 unspecified atom stereocenters. The van der Waals surface area contributed by atoms with Gasteiger partial charge in [-0.05, 0) is 61.5 Å². The van der Waals surface area contributed by atoms with Crippen molar-refractivity contribution < 1.29 is 9.26 Å². The van der Waals surface area contributed by atoms with E-state index in [1.54, 1.807) is 6.07 Å². The standard InChI is InChI=1S/C19H15BrClN3O2/c1-11(2)25-17-6-3-13(10-15(17)21)18-22-19(23-26-18)24-8-7-12-9-14(20)4-5-16(12)24/h3-11H,1-2H3. The summed E-state index contributed by atoms with van der Waals surface area (Å²) in [5, 5.41) is 5.69. The lowest BCUT2D eigenvalue weighted by Gasteiger charge is -2.11. The van der Waals surface area contributed by atoms with Crippen molar-refractivity contribution in [2.45, 2.75) is 20.0 Å². The normalized spacial score (nSPS) is 11.4. The molecule has 0 atom stereocenters. The Bertz CT molecular complexity index is 1090. The predicted molar refractivity (Wildman–Crippen MR) is 105 cm³/mol. The molecule has 0 bridgehead atoms. The Kier molecular flexibility index (Phi) is 4.46. The minimum absolute atomic E-state index is 0.0513. The molecule has 2 aromatic carbocycles. The summed E-state index contributed by atoms with van der Waals surface area (Å²) in [7, 11) is 0. The smallest absolute Gasteiger partial charge is 0.275 e. The summed E-state index contributed by atoms with van der Waals surface area (Å²) in [6.45, 7) is 3.91. The maximum absolute atomic E-state index is 6.30. The lowest BCUT2D eigenvalue weighted by Crippen LogP contribution is -2.05. The molecule has 26 heavy (non-hydrogen) atoms. The Morgan fingerprint density at radius 2 is 2.00 bits per heavy atom. The average Bonchev–Trinajstić information content (AvgIpc) is 3.22. The molecule has 0 radical (unpaired) electrons. The molecular weight excluding hydrogens is 418 g/mol. The lowest BCUT2D eigenvalue weighted by molar-refractivity contribution is 0.242. The first-order chi connectivity index (χ1) is 12.5. The minimum Gasteiger partial charge on any atom is -0.489 e. The van der Waals surface area contributed by atoms with E-state index in [4.69, 9.17) is 20.9 Å². The Hall–Kier alpha value is -2.31. The number of rotatable bonds is 4. The molecule has 0 amide bonds. The van der Waals surface area contributed by atoms with Crippen LogP contribution in [-0.4, -0.2) is 20.8 Å². The van der Waals surface area contributed by atoms with E-state index in [9.17, 15) is 0 Å². The molecule has 4 aromatic rings. The maximum atomic E-state index is 6.30. The van der Waals surface area contributed by atoms with Crippen molar-refractivity contribution in [1.82, 2.24) is 14.7 Å². The van der Waals surface area contributed by atoms with Crippen molar-refractivity contribution in [3.63, 3.8) is 0 Å². The quantitative estimate of drug-likeness (QED) is 0.404. The lowest BCUT2D eigenvalue weighted by atomic mass is 10.2. The molecule has 4 rings (SSSR count). The number of halogens is 2. The molecule has 2 aromatic heterocycles. The van der Waals surface area contributed by atoms with Gasteiger partial charge in [-0.2, -0.15) is 4.98 Å². The third-order valence-corrected chi connectivity index (χ3v) is 4.61. The summed E-state index contributed by atoms with van der Waals surface area (Å²) in [4.78, 5) is 4.50. The molecule has 0 saturated heterocycles. The highest BCUT2D eigenvalue weighted by atomic mass is 79.9. The molecule has 7 heteroatoms. The van der Waals surface area contributed by atoms with E-state index in [0.29, 0.717) is 22.6 Å². The number of hydrogen-bond acceptors (Lipinski definition) is 4. The summed E-state index contributed by atoms with van der Waals surface area (Å²) in [6.07, 6.45) is 1.97. The summed E-state index contributed by atoms with van der Waals surface area (Å²) in [5.41, 5.74) is 1.74. The van der Waals surface area contributed by atoms with Gasteiger partial charge >= 0.3 is 0 Å². The van der Waals surface area contributed by atoms with Crippen LogP contribution in [0.3, 0.4) is 0 Å². The molecule has 5 nitrogen and oxygen atoms in total. The topological polar surface area (TPSA) is 53.1 Å². The molecule has 2 heterocycles. The fraction of sp³-hybridized carbons (Fsp3) is 0.158. The van der Waals surface area contributed by atoms with Gasteiger partial charge in [0.2, 0.25) is 0 Å². The van der Waals surface area contributed by atoms with Crippen LogP contribution in [-0.2, 0) is 0 Å². The monoisotopic (exact) mass is 431 g/mol. The summed E-state index contributed by atoms with van der Waals surface area (Å²) in [6, 6.07) is 13.5. The van der Waals surface area contributed by atoms with E-state index >= 15 is 0 Å². The van der Waals surface area contributed by atoms with Gasteiger partial charge in [0.1, 0.15) is 5.75 Å². The van der Waals surface area contributed by atoms with Crippen molar-refractivity contribution >= 4 is 38.4 Å². The number of ether oxygens (including phenoxy) is 1. The summed E-state index contributed by atoms with van der Waals surface area (Å²) in [5.74, 6) is 1.50. The first-order valence-corrected chi connectivity index (χ1v) is 9.25. The van der Waals surface area contributed by atoms with Crippen LogP contribution < -0.4 is 4.74 Å². The second kappa shape index (κ2) is 6.78. The third-order valence-electron chi connectivity index (χ3n) is 3.82. The highest BCUT2D eigenvalue weighted by molar-refractivity contribution is 9.10. The summed E-state index contributed by atoms with van der Waals surface area (Å²) < 4.78 is 14.0. The van der Waals surface area contributed by atoms with Crippen LogP contribution in [0.25, 0.3) is 28.3 Å². The van der Waals surface area contributed by atoms with Crippen molar-refractivity contribution in [3.8, 4) is 23.2 Å². The van der Waals surface area contributed by atoms with E-state index in [0.717, 1.165) is 20.9 Å². The van der Waals surface area contributed by atoms with Gasteiger partial charge < -0.3 is 9.26 Å².